The Bertz CT molecular complexity index is 2560. The van der Waals surface area contributed by atoms with Gasteiger partial charge >= 0.3 is 0 Å². The Hall–Kier alpha value is -6.88. The molecule has 0 aliphatic heterocycles. The number of rotatable bonds is 17. The molecule has 0 radical (unpaired) electrons. The minimum absolute atomic E-state index is 0.264. The van der Waals surface area contributed by atoms with Crippen LogP contribution in [0.15, 0.2) is 206 Å². The summed E-state index contributed by atoms with van der Waals surface area (Å²) in [6.45, 7) is 5.27. The minimum atomic E-state index is -0.264. The van der Waals surface area contributed by atoms with Crippen molar-refractivity contribution in [1.82, 2.24) is 0 Å². The molecule has 0 aromatic heterocycles. The highest BCUT2D eigenvalue weighted by atomic mass is 16.5. The summed E-state index contributed by atoms with van der Waals surface area (Å²) in [5.41, 5.74) is 19.3. The van der Waals surface area contributed by atoms with Gasteiger partial charge in [-0.3, -0.25) is 0 Å². The average molecular weight is 835 g/mol. The highest BCUT2D eigenvalue weighted by molar-refractivity contribution is 5.93. The summed E-state index contributed by atoms with van der Waals surface area (Å²) in [4.78, 5) is 0. The molecular formula is C61H54O3. The smallest absolute Gasteiger partial charge is 0.0701 e. The maximum Gasteiger partial charge on any atom is 0.0701 e. The number of benzene rings is 8. The van der Waals surface area contributed by atoms with Crippen molar-refractivity contribution in [3.8, 4) is 33.4 Å². The van der Waals surface area contributed by atoms with Crippen LogP contribution in [0.3, 0.4) is 0 Å². The van der Waals surface area contributed by atoms with Crippen molar-refractivity contribution in [2.75, 3.05) is 40.1 Å². The third kappa shape index (κ3) is 9.54. The van der Waals surface area contributed by atoms with Gasteiger partial charge in [-0.2, -0.15) is 0 Å². The predicted molar refractivity (Wildman–Crippen MR) is 267 cm³/mol. The largest absolute Gasteiger partial charge is 0.382 e. The lowest BCUT2D eigenvalue weighted by atomic mass is 9.76. The summed E-state index contributed by atoms with van der Waals surface area (Å²) < 4.78 is 17.1. The van der Waals surface area contributed by atoms with Crippen molar-refractivity contribution >= 4 is 23.3 Å². The normalized spacial score (nSPS) is 12.3. The summed E-state index contributed by atoms with van der Waals surface area (Å²) >= 11 is 0. The minimum Gasteiger partial charge on any atom is -0.382 e. The van der Waals surface area contributed by atoms with Crippen molar-refractivity contribution in [2.24, 2.45) is 0 Å². The van der Waals surface area contributed by atoms with Gasteiger partial charge in [-0.05, 0) is 120 Å². The second-order valence-electron chi connectivity index (χ2n) is 16.6. The number of hydrogen-bond acceptors (Lipinski definition) is 3. The van der Waals surface area contributed by atoms with Crippen LogP contribution in [0.2, 0.25) is 0 Å². The van der Waals surface area contributed by atoms with Crippen molar-refractivity contribution in [1.29, 1.82) is 0 Å². The van der Waals surface area contributed by atoms with Gasteiger partial charge in [-0.25, -0.2) is 0 Å². The molecule has 0 saturated heterocycles. The monoisotopic (exact) mass is 834 g/mol. The summed E-state index contributed by atoms with van der Waals surface area (Å²) in [6, 6.07) is 74.6. The van der Waals surface area contributed by atoms with E-state index in [1.54, 1.807) is 7.11 Å². The first-order valence-corrected chi connectivity index (χ1v) is 22.4. The number of methoxy groups -OCH3 is 1. The van der Waals surface area contributed by atoms with Crippen LogP contribution in [0, 0.1) is 0 Å². The second-order valence-corrected chi connectivity index (χ2v) is 16.6. The van der Waals surface area contributed by atoms with Crippen LogP contribution in [-0.4, -0.2) is 40.1 Å². The van der Waals surface area contributed by atoms with Crippen molar-refractivity contribution in [3.05, 3.63) is 251 Å². The van der Waals surface area contributed by atoms with E-state index in [9.17, 15) is 0 Å². The number of ether oxygens (including phenoxy) is 3. The van der Waals surface area contributed by atoms with E-state index in [1.165, 1.54) is 77.9 Å². The predicted octanol–water partition coefficient (Wildman–Crippen LogP) is 14.6. The topological polar surface area (TPSA) is 27.7 Å². The zero-order valence-electron chi connectivity index (χ0n) is 36.8. The molecule has 3 nitrogen and oxygen atoms in total. The molecule has 8 aromatic rings. The molecule has 0 amide bonds. The van der Waals surface area contributed by atoms with E-state index in [0.29, 0.717) is 33.0 Å². The number of fused-ring (bicyclic) bond motifs is 3. The second kappa shape index (κ2) is 20.1. The molecule has 0 spiro atoms. The molecule has 0 saturated carbocycles. The van der Waals surface area contributed by atoms with Crippen LogP contribution < -0.4 is 0 Å². The zero-order valence-corrected chi connectivity index (χ0v) is 36.8. The Labute approximate surface area is 379 Å². The van der Waals surface area contributed by atoms with Crippen LogP contribution in [0.5, 0.6) is 0 Å². The fourth-order valence-corrected chi connectivity index (χ4v) is 9.00. The molecule has 9 rings (SSSR count). The van der Waals surface area contributed by atoms with Gasteiger partial charge < -0.3 is 14.2 Å². The van der Waals surface area contributed by atoms with E-state index in [-0.39, 0.29) is 5.41 Å². The fourth-order valence-electron chi connectivity index (χ4n) is 9.00. The Morgan fingerprint density at radius 2 is 0.734 bits per heavy atom. The van der Waals surface area contributed by atoms with Crippen molar-refractivity contribution in [2.45, 2.75) is 18.8 Å². The van der Waals surface area contributed by atoms with Gasteiger partial charge in [0, 0.05) is 19.1 Å². The van der Waals surface area contributed by atoms with Gasteiger partial charge in [0.15, 0.2) is 0 Å². The maximum absolute atomic E-state index is 6.24. The SMILES string of the molecule is COCCOCCOCCC1(C)c2cc(-c3ccc(C=C(c4ccccc4)c4ccccc4)cc3)ccc2-c2ccc(-c3ccc(C=C(c4ccccc4)c4ccccc4)cc3)cc21. The molecule has 1 aliphatic carbocycles. The zero-order chi connectivity index (χ0) is 43.6. The van der Waals surface area contributed by atoms with Crippen LogP contribution in [0.1, 0.15) is 57.9 Å². The molecule has 316 valence electrons. The lowest BCUT2D eigenvalue weighted by Crippen LogP contribution is -2.23. The summed E-state index contributed by atoms with van der Waals surface area (Å²) in [7, 11) is 1.69. The van der Waals surface area contributed by atoms with Gasteiger partial charge in [0.05, 0.1) is 26.4 Å². The summed E-state index contributed by atoms with van der Waals surface area (Å²) in [5, 5.41) is 0. The van der Waals surface area contributed by atoms with Crippen LogP contribution in [0.25, 0.3) is 56.7 Å². The molecule has 0 fully saturated rings. The van der Waals surface area contributed by atoms with E-state index in [2.05, 4.69) is 225 Å². The molecule has 3 heteroatoms. The Kier molecular flexibility index (Phi) is 13.3. The first-order valence-electron chi connectivity index (χ1n) is 22.4. The molecule has 1 aliphatic rings. The standard InChI is InChI=1S/C61H54O3/c1-61(35-36-63-39-40-64-38-37-62-2)59-43-53(47-27-23-45(24-28-47)41-57(49-15-7-3-8-16-49)50-17-9-4-10-18-50)31-33-55(59)56-34-32-54(44-60(56)61)48-29-25-46(26-30-48)42-58(51-19-11-5-12-20-51)52-21-13-6-14-22-52/h3-34,41-44H,35-40H2,1-2H3. The average Bonchev–Trinajstić information content (AvgIpc) is 3.61. The molecule has 64 heavy (non-hydrogen) atoms. The summed E-state index contributed by atoms with van der Waals surface area (Å²) in [6.07, 6.45) is 5.43. The van der Waals surface area contributed by atoms with E-state index in [0.717, 1.165) is 17.5 Å². The van der Waals surface area contributed by atoms with Crippen LogP contribution >= 0.6 is 0 Å². The van der Waals surface area contributed by atoms with E-state index in [4.69, 9.17) is 14.2 Å². The van der Waals surface area contributed by atoms with E-state index < -0.39 is 0 Å². The van der Waals surface area contributed by atoms with Gasteiger partial charge in [0.2, 0.25) is 0 Å². The van der Waals surface area contributed by atoms with Gasteiger partial charge in [0.1, 0.15) is 0 Å². The number of hydrogen-bond donors (Lipinski definition) is 0. The van der Waals surface area contributed by atoms with Crippen LogP contribution in [-0.2, 0) is 19.6 Å². The van der Waals surface area contributed by atoms with Crippen molar-refractivity contribution in [3.63, 3.8) is 0 Å². The van der Waals surface area contributed by atoms with Gasteiger partial charge in [-0.1, -0.05) is 201 Å². The van der Waals surface area contributed by atoms with Crippen LogP contribution in [0.4, 0.5) is 0 Å². The van der Waals surface area contributed by atoms with E-state index in [1.807, 2.05) is 0 Å². The highest BCUT2D eigenvalue weighted by Crippen LogP contribution is 2.52. The van der Waals surface area contributed by atoms with Crippen molar-refractivity contribution < 1.29 is 14.2 Å². The van der Waals surface area contributed by atoms with Gasteiger partial charge in [-0.15, -0.1) is 0 Å². The molecule has 8 aromatic carbocycles. The first kappa shape index (κ1) is 42.4. The Morgan fingerprint density at radius 1 is 0.391 bits per heavy atom. The quantitative estimate of drug-likeness (QED) is 0.0676. The van der Waals surface area contributed by atoms with Gasteiger partial charge in [0.25, 0.3) is 0 Å². The molecule has 0 atom stereocenters. The first-order chi connectivity index (χ1) is 31.6. The highest BCUT2D eigenvalue weighted by Gasteiger charge is 2.39. The summed E-state index contributed by atoms with van der Waals surface area (Å²) in [5.74, 6) is 0. The third-order valence-corrected chi connectivity index (χ3v) is 12.5. The maximum atomic E-state index is 6.24. The third-order valence-electron chi connectivity index (χ3n) is 12.5. The van der Waals surface area contributed by atoms with E-state index >= 15 is 0 Å². The Morgan fingerprint density at radius 3 is 1.11 bits per heavy atom. The Balaban J connectivity index is 1.01. The molecule has 0 bridgehead atoms. The lowest BCUT2D eigenvalue weighted by molar-refractivity contribution is 0.0220. The molecular weight excluding hydrogens is 781 g/mol. The fraction of sp³-hybridized carbons (Fsp3) is 0.148. The molecule has 0 heterocycles. The lowest BCUT2D eigenvalue weighted by Gasteiger charge is -2.28. The molecule has 0 N–H and O–H groups in total. The molecule has 0 unspecified atom stereocenters.